The Morgan fingerprint density at radius 3 is 2.83 bits per heavy atom. The Kier molecular flexibility index (Phi) is 3.71. The number of aryl methyl sites for hydroxylation is 1. The van der Waals surface area contributed by atoms with E-state index in [1.165, 1.54) is 9.75 Å². The first-order valence-electron chi connectivity index (χ1n) is 3.74. The Balaban J connectivity index is 2.64. The second-order valence-corrected chi connectivity index (χ2v) is 4.96. The van der Waals surface area contributed by atoms with E-state index in [2.05, 4.69) is 28.9 Å². The summed E-state index contributed by atoms with van der Waals surface area (Å²) in [6.45, 7) is 2.11. The molecule has 68 valence electrons. The number of halogens is 1. The first-order valence-corrected chi connectivity index (χ1v) is 5.35. The van der Waals surface area contributed by atoms with Crippen LogP contribution >= 0.6 is 27.3 Å². The standard InChI is InChI=1S/C8H12BrNOS/c1-5-8(9)3-7(12-5)2-6(10)4-11/h3,6,11H,2,4,10H2,1H3. The quantitative estimate of drug-likeness (QED) is 0.857. The molecule has 3 N–H and O–H groups in total. The lowest BCUT2D eigenvalue weighted by Gasteiger charge is -2.04. The summed E-state index contributed by atoms with van der Waals surface area (Å²) in [7, 11) is 0. The van der Waals surface area contributed by atoms with Crippen molar-refractivity contribution in [2.45, 2.75) is 19.4 Å². The third kappa shape index (κ3) is 2.55. The Labute approximate surface area is 84.5 Å². The third-order valence-corrected chi connectivity index (χ3v) is 3.77. The highest BCUT2D eigenvalue weighted by Gasteiger charge is 2.06. The first kappa shape index (κ1) is 10.2. The molecule has 0 bridgehead atoms. The van der Waals surface area contributed by atoms with Gasteiger partial charge in [0.05, 0.1) is 6.61 Å². The lowest BCUT2D eigenvalue weighted by molar-refractivity contribution is 0.265. The van der Waals surface area contributed by atoms with Crippen molar-refractivity contribution in [3.05, 3.63) is 20.3 Å². The van der Waals surface area contributed by atoms with Gasteiger partial charge in [0.1, 0.15) is 0 Å². The van der Waals surface area contributed by atoms with Crippen LogP contribution in [0.15, 0.2) is 10.5 Å². The molecule has 4 heteroatoms. The van der Waals surface area contributed by atoms with Crippen molar-refractivity contribution in [1.29, 1.82) is 0 Å². The molecule has 0 aromatic carbocycles. The summed E-state index contributed by atoms with van der Waals surface area (Å²) >= 11 is 5.16. The van der Waals surface area contributed by atoms with Gasteiger partial charge >= 0.3 is 0 Å². The minimum absolute atomic E-state index is 0.0502. The van der Waals surface area contributed by atoms with Crippen LogP contribution in [0.5, 0.6) is 0 Å². The summed E-state index contributed by atoms with van der Waals surface area (Å²) in [6, 6.07) is 1.94. The minimum Gasteiger partial charge on any atom is -0.395 e. The van der Waals surface area contributed by atoms with Crippen molar-refractivity contribution in [2.75, 3.05) is 6.61 Å². The van der Waals surface area contributed by atoms with Crippen molar-refractivity contribution in [2.24, 2.45) is 5.73 Å². The number of hydrogen-bond acceptors (Lipinski definition) is 3. The number of nitrogens with two attached hydrogens (primary N) is 1. The van der Waals surface area contributed by atoms with E-state index in [0.717, 1.165) is 10.9 Å². The maximum absolute atomic E-state index is 8.74. The van der Waals surface area contributed by atoms with Crippen molar-refractivity contribution in [3.8, 4) is 0 Å². The van der Waals surface area contributed by atoms with Gasteiger partial charge in [-0.25, -0.2) is 0 Å². The van der Waals surface area contributed by atoms with Crippen LogP contribution in [-0.4, -0.2) is 17.8 Å². The molecule has 1 unspecified atom stereocenters. The van der Waals surface area contributed by atoms with Gasteiger partial charge in [-0.3, -0.25) is 0 Å². The van der Waals surface area contributed by atoms with Crippen LogP contribution in [0.4, 0.5) is 0 Å². The summed E-state index contributed by atoms with van der Waals surface area (Å²) in [5, 5.41) is 8.74. The van der Waals surface area contributed by atoms with Crippen LogP contribution in [0.3, 0.4) is 0 Å². The fraction of sp³-hybridized carbons (Fsp3) is 0.500. The van der Waals surface area contributed by atoms with Gasteiger partial charge in [-0.15, -0.1) is 11.3 Å². The molecule has 0 saturated heterocycles. The molecule has 0 aliphatic rings. The van der Waals surface area contributed by atoms with E-state index in [1.54, 1.807) is 11.3 Å². The van der Waals surface area contributed by atoms with Crippen molar-refractivity contribution in [1.82, 2.24) is 0 Å². The van der Waals surface area contributed by atoms with Crippen LogP contribution in [0, 0.1) is 6.92 Å². The van der Waals surface area contributed by atoms with Gasteiger partial charge in [0.15, 0.2) is 0 Å². The zero-order valence-corrected chi connectivity index (χ0v) is 9.28. The molecule has 0 aliphatic heterocycles. The number of thiophene rings is 1. The van der Waals surface area contributed by atoms with Crippen LogP contribution in [0.25, 0.3) is 0 Å². The molecule has 1 rings (SSSR count). The van der Waals surface area contributed by atoms with Crippen molar-refractivity contribution >= 4 is 27.3 Å². The number of aliphatic hydroxyl groups is 1. The monoisotopic (exact) mass is 249 g/mol. The van der Waals surface area contributed by atoms with Gasteiger partial charge in [0.25, 0.3) is 0 Å². The van der Waals surface area contributed by atoms with Crippen molar-refractivity contribution < 1.29 is 5.11 Å². The highest BCUT2D eigenvalue weighted by Crippen LogP contribution is 2.26. The molecule has 0 aliphatic carbocycles. The normalized spacial score (nSPS) is 13.3. The van der Waals surface area contributed by atoms with Gasteiger partial charge in [0, 0.05) is 20.3 Å². The van der Waals surface area contributed by atoms with E-state index in [-0.39, 0.29) is 12.6 Å². The van der Waals surface area contributed by atoms with E-state index in [0.29, 0.717) is 0 Å². The zero-order valence-electron chi connectivity index (χ0n) is 6.88. The number of hydrogen-bond donors (Lipinski definition) is 2. The molecular formula is C8H12BrNOS. The molecule has 0 spiro atoms. The topological polar surface area (TPSA) is 46.2 Å². The van der Waals surface area contributed by atoms with E-state index >= 15 is 0 Å². The maximum atomic E-state index is 8.74. The fourth-order valence-electron chi connectivity index (χ4n) is 0.941. The smallest absolute Gasteiger partial charge is 0.0586 e. The summed E-state index contributed by atoms with van der Waals surface area (Å²) in [5.41, 5.74) is 5.61. The van der Waals surface area contributed by atoms with E-state index in [9.17, 15) is 0 Å². The Morgan fingerprint density at radius 2 is 2.42 bits per heavy atom. The molecule has 1 aromatic rings. The average Bonchev–Trinajstić information content (AvgIpc) is 2.31. The second kappa shape index (κ2) is 4.37. The molecule has 0 saturated carbocycles. The van der Waals surface area contributed by atoms with Gasteiger partial charge < -0.3 is 10.8 Å². The Hall–Kier alpha value is 0.100. The van der Waals surface area contributed by atoms with Gasteiger partial charge in [-0.05, 0) is 35.3 Å². The van der Waals surface area contributed by atoms with Crippen molar-refractivity contribution in [3.63, 3.8) is 0 Å². The Morgan fingerprint density at radius 1 is 1.75 bits per heavy atom. The molecule has 1 heterocycles. The lowest BCUT2D eigenvalue weighted by atomic mass is 10.2. The van der Waals surface area contributed by atoms with Gasteiger partial charge in [0.2, 0.25) is 0 Å². The van der Waals surface area contributed by atoms with E-state index in [1.807, 2.05) is 0 Å². The highest BCUT2D eigenvalue weighted by atomic mass is 79.9. The lowest BCUT2D eigenvalue weighted by Crippen LogP contribution is -2.26. The highest BCUT2D eigenvalue weighted by molar-refractivity contribution is 9.10. The van der Waals surface area contributed by atoms with E-state index < -0.39 is 0 Å². The third-order valence-electron chi connectivity index (χ3n) is 1.61. The number of rotatable bonds is 3. The maximum Gasteiger partial charge on any atom is 0.0586 e. The van der Waals surface area contributed by atoms with Crippen LogP contribution < -0.4 is 5.73 Å². The minimum atomic E-state index is -0.130. The average molecular weight is 250 g/mol. The largest absolute Gasteiger partial charge is 0.395 e. The van der Waals surface area contributed by atoms with Crippen LogP contribution in [-0.2, 0) is 6.42 Å². The molecule has 1 aromatic heterocycles. The molecular weight excluding hydrogens is 238 g/mol. The predicted octanol–water partition coefficient (Wildman–Crippen LogP) is 1.68. The summed E-state index contributed by atoms with van der Waals surface area (Å²) in [5.74, 6) is 0. The molecule has 1 atom stereocenters. The van der Waals surface area contributed by atoms with E-state index in [4.69, 9.17) is 10.8 Å². The van der Waals surface area contributed by atoms with Crippen LogP contribution in [0.1, 0.15) is 9.75 Å². The first-order chi connectivity index (χ1) is 5.63. The Bertz CT molecular complexity index is 242. The van der Waals surface area contributed by atoms with Gasteiger partial charge in [-0.1, -0.05) is 0 Å². The summed E-state index contributed by atoms with van der Waals surface area (Å²) < 4.78 is 1.13. The molecule has 0 radical (unpaired) electrons. The molecule has 0 amide bonds. The SMILES string of the molecule is Cc1sc(CC(N)CO)cc1Br. The fourth-order valence-corrected chi connectivity index (χ4v) is 2.64. The summed E-state index contributed by atoms with van der Waals surface area (Å²) in [6.07, 6.45) is 0.758. The van der Waals surface area contributed by atoms with Crippen LogP contribution in [0.2, 0.25) is 0 Å². The second-order valence-electron chi connectivity index (χ2n) is 2.76. The predicted molar refractivity (Wildman–Crippen MR) is 55.5 cm³/mol. The molecule has 0 fully saturated rings. The number of aliphatic hydroxyl groups excluding tert-OH is 1. The summed E-state index contributed by atoms with van der Waals surface area (Å²) in [4.78, 5) is 2.48. The zero-order chi connectivity index (χ0) is 9.14. The molecule has 12 heavy (non-hydrogen) atoms. The molecule has 2 nitrogen and oxygen atoms in total. The van der Waals surface area contributed by atoms with Gasteiger partial charge in [-0.2, -0.15) is 0 Å².